The highest BCUT2D eigenvalue weighted by molar-refractivity contribution is 7.85. The van der Waals surface area contributed by atoms with Gasteiger partial charge >= 0.3 is 0 Å². The van der Waals surface area contributed by atoms with E-state index in [1.54, 1.807) is 6.92 Å². The van der Waals surface area contributed by atoms with E-state index in [-0.39, 0.29) is 5.92 Å². The van der Waals surface area contributed by atoms with Crippen LogP contribution < -0.4 is 0 Å². The zero-order valence-electron chi connectivity index (χ0n) is 7.43. The van der Waals surface area contributed by atoms with Crippen molar-refractivity contribution in [1.29, 1.82) is 5.26 Å². The molecule has 1 aromatic carbocycles. The van der Waals surface area contributed by atoms with Crippen LogP contribution in [0.25, 0.3) is 0 Å². The van der Waals surface area contributed by atoms with Crippen LogP contribution in [-0.4, -0.2) is 9.96 Å². The molecular formula is C10H11NOS. The Morgan fingerprint density at radius 1 is 1.46 bits per heavy atom. The normalized spacial score (nSPS) is 14.5. The van der Waals surface area contributed by atoms with Crippen molar-refractivity contribution < 1.29 is 4.21 Å². The standard InChI is InChI=1S/C10H11NOS/c1-9(7-11)8-13(12)10-5-3-2-4-6-10/h2-6,9H,8H2,1H3. The number of nitriles is 1. The predicted octanol–water partition coefficient (Wildman–Crippen LogP) is 1.95. The van der Waals surface area contributed by atoms with Crippen molar-refractivity contribution in [2.24, 2.45) is 5.92 Å². The Morgan fingerprint density at radius 2 is 2.08 bits per heavy atom. The van der Waals surface area contributed by atoms with Gasteiger partial charge in [0.2, 0.25) is 0 Å². The van der Waals surface area contributed by atoms with Crippen molar-refractivity contribution in [2.45, 2.75) is 11.8 Å². The van der Waals surface area contributed by atoms with Gasteiger partial charge < -0.3 is 0 Å². The van der Waals surface area contributed by atoms with Crippen molar-refractivity contribution in [1.82, 2.24) is 0 Å². The molecule has 1 rings (SSSR count). The lowest BCUT2D eigenvalue weighted by Gasteiger charge is -2.02. The molecule has 0 aliphatic carbocycles. The number of benzene rings is 1. The Balaban J connectivity index is 2.66. The van der Waals surface area contributed by atoms with Crippen LogP contribution in [0.15, 0.2) is 35.2 Å². The molecule has 0 N–H and O–H groups in total. The first-order valence-corrected chi connectivity index (χ1v) is 5.39. The smallest absolute Gasteiger partial charge is 0.0662 e. The fourth-order valence-corrected chi connectivity index (χ4v) is 2.11. The quantitative estimate of drug-likeness (QED) is 0.736. The first-order chi connectivity index (χ1) is 6.24. The topological polar surface area (TPSA) is 40.9 Å². The molecule has 68 valence electrons. The van der Waals surface area contributed by atoms with E-state index in [0.717, 1.165) is 4.90 Å². The molecule has 3 heteroatoms. The van der Waals surface area contributed by atoms with Gasteiger partial charge in [0.25, 0.3) is 0 Å². The summed E-state index contributed by atoms with van der Waals surface area (Å²) in [7, 11) is -1.04. The molecule has 0 radical (unpaired) electrons. The summed E-state index contributed by atoms with van der Waals surface area (Å²) < 4.78 is 11.6. The first kappa shape index (κ1) is 9.94. The molecule has 0 aliphatic heterocycles. The van der Waals surface area contributed by atoms with Crippen molar-refractivity contribution in [3.05, 3.63) is 30.3 Å². The van der Waals surface area contributed by atoms with Crippen LogP contribution in [-0.2, 0) is 10.8 Å². The van der Waals surface area contributed by atoms with E-state index in [0.29, 0.717) is 5.75 Å². The number of rotatable bonds is 3. The van der Waals surface area contributed by atoms with Gasteiger partial charge in [0.05, 0.1) is 22.8 Å². The molecule has 0 fully saturated rings. The van der Waals surface area contributed by atoms with E-state index in [1.165, 1.54) is 0 Å². The minimum Gasteiger partial charge on any atom is -0.254 e. The molecule has 0 heterocycles. The fraction of sp³-hybridized carbons (Fsp3) is 0.300. The van der Waals surface area contributed by atoms with Crippen LogP contribution >= 0.6 is 0 Å². The largest absolute Gasteiger partial charge is 0.254 e. The van der Waals surface area contributed by atoms with Crippen molar-refractivity contribution in [3.8, 4) is 6.07 Å². The lowest BCUT2D eigenvalue weighted by molar-refractivity contribution is 0.676. The summed E-state index contributed by atoms with van der Waals surface area (Å²) in [4.78, 5) is 0.796. The predicted molar refractivity (Wildman–Crippen MR) is 52.5 cm³/mol. The Labute approximate surface area is 80.7 Å². The lowest BCUT2D eigenvalue weighted by atomic mass is 10.3. The average Bonchev–Trinajstić information content (AvgIpc) is 2.19. The summed E-state index contributed by atoms with van der Waals surface area (Å²) in [6.45, 7) is 1.78. The molecule has 0 saturated carbocycles. The monoisotopic (exact) mass is 193 g/mol. The molecule has 13 heavy (non-hydrogen) atoms. The minimum atomic E-state index is -1.04. The Kier molecular flexibility index (Phi) is 3.66. The van der Waals surface area contributed by atoms with Gasteiger partial charge in [-0.2, -0.15) is 5.26 Å². The fourth-order valence-electron chi connectivity index (χ4n) is 0.933. The van der Waals surface area contributed by atoms with Crippen LogP contribution in [0, 0.1) is 17.2 Å². The van der Waals surface area contributed by atoms with Crippen LogP contribution in [0.4, 0.5) is 0 Å². The maximum Gasteiger partial charge on any atom is 0.0662 e. The van der Waals surface area contributed by atoms with Crippen LogP contribution in [0.1, 0.15) is 6.92 Å². The van der Waals surface area contributed by atoms with Gasteiger partial charge in [-0.15, -0.1) is 0 Å². The molecule has 0 spiro atoms. The van der Waals surface area contributed by atoms with E-state index in [2.05, 4.69) is 6.07 Å². The summed E-state index contributed by atoms with van der Waals surface area (Å²) in [6.07, 6.45) is 0. The number of hydrogen-bond acceptors (Lipinski definition) is 2. The van der Waals surface area contributed by atoms with Crippen LogP contribution in [0.2, 0.25) is 0 Å². The molecule has 0 aliphatic rings. The Morgan fingerprint density at radius 3 is 2.62 bits per heavy atom. The number of hydrogen-bond donors (Lipinski definition) is 0. The average molecular weight is 193 g/mol. The molecule has 2 nitrogen and oxygen atoms in total. The van der Waals surface area contributed by atoms with E-state index in [1.807, 2.05) is 30.3 Å². The second-order valence-corrected chi connectivity index (χ2v) is 4.35. The first-order valence-electron chi connectivity index (χ1n) is 4.07. The molecule has 0 aromatic heterocycles. The molecule has 0 saturated heterocycles. The highest BCUT2D eigenvalue weighted by Crippen LogP contribution is 2.08. The maximum absolute atomic E-state index is 11.6. The number of nitrogens with zero attached hydrogens (tertiary/aromatic N) is 1. The van der Waals surface area contributed by atoms with Gasteiger partial charge in [0, 0.05) is 10.6 Å². The second-order valence-electron chi connectivity index (χ2n) is 2.86. The molecule has 1 aromatic rings. The third kappa shape index (κ3) is 3.00. The molecular weight excluding hydrogens is 182 g/mol. The molecule has 2 atom stereocenters. The van der Waals surface area contributed by atoms with E-state index >= 15 is 0 Å². The molecule has 2 unspecified atom stereocenters. The van der Waals surface area contributed by atoms with Gasteiger partial charge in [-0.3, -0.25) is 4.21 Å². The lowest BCUT2D eigenvalue weighted by Crippen LogP contribution is -2.05. The van der Waals surface area contributed by atoms with Gasteiger partial charge in [-0.1, -0.05) is 18.2 Å². The van der Waals surface area contributed by atoms with Crippen LogP contribution in [0.3, 0.4) is 0 Å². The van der Waals surface area contributed by atoms with Gasteiger partial charge in [0.1, 0.15) is 0 Å². The summed E-state index contributed by atoms with van der Waals surface area (Å²) in [5, 5.41) is 8.55. The van der Waals surface area contributed by atoms with Crippen molar-refractivity contribution in [3.63, 3.8) is 0 Å². The van der Waals surface area contributed by atoms with Crippen molar-refractivity contribution >= 4 is 10.8 Å². The highest BCUT2D eigenvalue weighted by atomic mass is 32.2. The maximum atomic E-state index is 11.6. The minimum absolute atomic E-state index is 0.152. The van der Waals surface area contributed by atoms with E-state index in [9.17, 15) is 4.21 Å². The van der Waals surface area contributed by atoms with Gasteiger partial charge in [-0.05, 0) is 19.1 Å². The summed E-state index contributed by atoms with van der Waals surface area (Å²) in [5.74, 6) is 0.265. The van der Waals surface area contributed by atoms with Crippen LogP contribution in [0.5, 0.6) is 0 Å². The summed E-state index contributed by atoms with van der Waals surface area (Å²) in [5.41, 5.74) is 0. The Hall–Kier alpha value is -1.14. The third-order valence-corrected chi connectivity index (χ3v) is 3.23. The zero-order valence-corrected chi connectivity index (χ0v) is 8.25. The van der Waals surface area contributed by atoms with Gasteiger partial charge in [0.15, 0.2) is 0 Å². The SMILES string of the molecule is CC(C#N)CS(=O)c1ccccc1. The Bertz CT molecular complexity index is 329. The molecule has 0 bridgehead atoms. The van der Waals surface area contributed by atoms with Gasteiger partial charge in [-0.25, -0.2) is 0 Å². The summed E-state index contributed by atoms with van der Waals surface area (Å²) >= 11 is 0. The summed E-state index contributed by atoms with van der Waals surface area (Å²) in [6, 6.07) is 11.3. The highest BCUT2D eigenvalue weighted by Gasteiger charge is 2.07. The zero-order chi connectivity index (χ0) is 9.68. The van der Waals surface area contributed by atoms with E-state index in [4.69, 9.17) is 5.26 Å². The molecule has 0 amide bonds. The third-order valence-electron chi connectivity index (χ3n) is 1.63. The second kappa shape index (κ2) is 4.78. The van der Waals surface area contributed by atoms with E-state index < -0.39 is 10.8 Å². The van der Waals surface area contributed by atoms with Crippen molar-refractivity contribution in [2.75, 3.05) is 5.75 Å².